The first-order valence-electron chi connectivity index (χ1n) is 14.0. The van der Waals surface area contributed by atoms with Crippen molar-refractivity contribution in [3.63, 3.8) is 0 Å². The molecule has 23 heteroatoms. The quantitative estimate of drug-likeness (QED) is 0.0387. The maximum atomic E-state index is 15.2. The summed E-state index contributed by atoms with van der Waals surface area (Å²) in [6.07, 6.45) is 0.487. The minimum absolute atomic E-state index is 0.0683. The van der Waals surface area contributed by atoms with Gasteiger partial charge in [0.15, 0.2) is 23.2 Å². The molecule has 0 saturated carbocycles. The molecule has 1 unspecified atom stereocenters. The van der Waals surface area contributed by atoms with E-state index in [0.717, 1.165) is 17.4 Å². The van der Waals surface area contributed by atoms with Crippen LogP contribution in [0, 0.1) is 5.82 Å². The van der Waals surface area contributed by atoms with E-state index in [-0.39, 0.29) is 26.5 Å². The molecule has 19 nitrogen and oxygen atoms in total. The van der Waals surface area contributed by atoms with Crippen LogP contribution in [-0.4, -0.2) is 87.1 Å². The SMILES string of the molecule is Cn1c(N)c(-c2ccc(OCC(O/N=C(\C(=O)N[C@@H]3C(=O)N(OS(=O)(=O)O)C3(C)C)c3nc(N)sc3Cl)C(=O)O)cc2F)c[n+]1CCCN. The Bertz CT molecular complexity index is 1920. The molecule has 3 aromatic rings. The fraction of sp³-hybridized carbons (Fsp3) is 0.385. The predicted molar refractivity (Wildman–Crippen MR) is 171 cm³/mol. The van der Waals surface area contributed by atoms with Gasteiger partial charge in [0.1, 0.15) is 34.2 Å². The van der Waals surface area contributed by atoms with Crippen LogP contribution in [0.3, 0.4) is 0 Å². The Balaban J connectivity index is 1.51. The van der Waals surface area contributed by atoms with Gasteiger partial charge in [-0.1, -0.05) is 28.1 Å². The highest BCUT2D eigenvalue weighted by molar-refractivity contribution is 7.80. The van der Waals surface area contributed by atoms with Gasteiger partial charge in [0.05, 0.1) is 18.2 Å². The second-order valence-corrected chi connectivity index (χ2v) is 13.6. The third-order valence-electron chi connectivity index (χ3n) is 7.22. The number of carbonyl (C=O) groups is 3. The summed E-state index contributed by atoms with van der Waals surface area (Å²) in [5.41, 5.74) is 15.5. The molecule has 49 heavy (non-hydrogen) atoms. The number of aliphatic carboxylic acids is 1. The number of hydrogen-bond acceptors (Lipinski definition) is 14. The van der Waals surface area contributed by atoms with Gasteiger partial charge in [-0.15, -0.1) is 13.6 Å². The number of thiazole rings is 1. The van der Waals surface area contributed by atoms with Crippen LogP contribution in [0.25, 0.3) is 11.1 Å². The lowest BCUT2D eigenvalue weighted by Crippen LogP contribution is -2.76. The molecule has 3 heterocycles. The molecule has 0 radical (unpaired) electrons. The van der Waals surface area contributed by atoms with Crippen molar-refractivity contribution in [2.24, 2.45) is 17.9 Å². The average Bonchev–Trinajstić information content (AvgIpc) is 3.50. The largest absolute Gasteiger partial charge is 0.489 e. The number of aromatic nitrogens is 3. The third kappa shape index (κ3) is 8.17. The normalized spacial score (nSPS) is 16.6. The van der Waals surface area contributed by atoms with Gasteiger partial charge in [0.2, 0.25) is 6.20 Å². The molecular weight excluding hydrogens is 717 g/mol. The zero-order chi connectivity index (χ0) is 36.4. The van der Waals surface area contributed by atoms with Crippen molar-refractivity contribution in [3.8, 4) is 16.9 Å². The monoisotopic (exact) mass is 748 g/mol. The Hall–Kier alpha value is -4.61. The Labute approximate surface area is 286 Å². The summed E-state index contributed by atoms with van der Waals surface area (Å²) in [4.78, 5) is 46.9. The molecule has 0 bridgehead atoms. The predicted octanol–water partition coefficient (Wildman–Crippen LogP) is -0.165. The molecule has 4 rings (SSSR count). The molecule has 9 N–H and O–H groups in total. The first-order chi connectivity index (χ1) is 22.8. The number of oxime groups is 1. The van der Waals surface area contributed by atoms with Crippen molar-refractivity contribution < 1.29 is 55.4 Å². The van der Waals surface area contributed by atoms with E-state index in [9.17, 15) is 27.9 Å². The molecule has 266 valence electrons. The molecule has 1 aliphatic rings. The Morgan fingerprint density at radius 1 is 1.31 bits per heavy atom. The standard InChI is InChI=1S/C26H31ClFN9O10S2/c1-26(2)19(23(39)37(26)47-49(42,43)44)33-22(38)18(17-20(27)48-25(31)32-17)34-46-16(24(40)41)11-45-12-5-6-13(15(28)9-12)14-10-36(8-4-7-29)35(3)21(14)30/h5-6,9-10,16,19,30H,4,7-8,11,29H2,1-3H3,(H5,31,32,33,38,40,41,42,43,44)/p+1/b34-18-/t16?,19-/m1/s1. The zero-order valence-electron chi connectivity index (χ0n) is 26.0. The Kier molecular flexibility index (Phi) is 11.0. The van der Waals surface area contributed by atoms with E-state index in [4.69, 9.17) is 42.9 Å². The first kappa shape index (κ1) is 37.2. The van der Waals surface area contributed by atoms with Crippen LogP contribution in [-0.2, 0) is 47.5 Å². The maximum Gasteiger partial charge on any atom is 0.418 e. The number of benzene rings is 1. The number of hydroxylamine groups is 2. The van der Waals surface area contributed by atoms with Crippen molar-refractivity contribution in [3.05, 3.63) is 40.2 Å². The number of carbonyl (C=O) groups excluding carboxylic acids is 2. The molecule has 1 aliphatic heterocycles. The van der Waals surface area contributed by atoms with Gasteiger partial charge in [-0.25, -0.2) is 14.2 Å². The molecule has 1 fully saturated rings. The zero-order valence-corrected chi connectivity index (χ0v) is 28.4. The molecular formula is C26H32ClFN9O10S2+. The van der Waals surface area contributed by atoms with Gasteiger partial charge < -0.3 is 37.2 Å². The van der Waals surface area contributed by atoms with Crippen molar-refractivity contribution in [1.29, 1.82) is 0 Å². The number of ether oxygens (including phenoxy) is 1. The highest BCUT2D eigenvalue weighted by Gasteiger charge is 2.58. The van der Waals surface area contributed by atoms with Gasteiger partial charge in [0, 0.05) is 18.1 Å². The number of anilines is 2. The van der Waals surface area contributed by atoms with Gasteiger partial charge in [-0.2, -0.15) is 13.5 Å². The summed E-state index contributed by atoms with van der Waals surface area (Å²) < 4.78 is 59.4. The number of nitrogens with zero attached hydrogens (tertiary/aromatic N) is 5. The second kappa shape index (κ2) is 14.5. The lowest BCUT2D eigenvalue weighted by molar-refractivity contribution is -0.772. The number of carboxylic acids is 1. The third-order valence-corrected chi connectivity index (χ3v) is 8.64. The van der Waals surface area contributed by atoms with Crippen LogP contribution < -0.4 is 31.9 Å². The Morgan fingerprint density at radius 2 is 2.00 bits per heavy atom. The number of nitrogens with two attached hydrogens (primary N) is 3. The lowest BCUT2D eigenvalue weighted by Gasteiger charge is -2.50. The summed E-state index contributed by atoms with van der Waals surface area (Å²) in [5, 5.41) is 15.9. The van der Waals surface area contributed by atoms with E-state index in [1.165, 1.54) is 26.0 Å². The van der Waals surface area contributed by atoms with E-state index >= 15 is 4.39 Å². The fourth-order valence-electron chi connectivity index (χ4n) is 4.60. The summed E-state index contributed by atoms with van der Waals surface area (Å²) >= 11 is 6.91. The van der Waals surface area contributed by atoms with Crippen LogP contribution in [0.1, 0.15) is 26.0 Å². The molecule has 0 spiro atoms. The summed E-state index contributed by atoms with van der Waals surface area (Å²) in [6, 6.07) is 2.40. The highest BCUT2D eigenvalue weighted by Crippen LogP contribution is 2.34. The number of hydrogen-bond donors (Lipinski definition) is 6. The molecule has 2 aromatic heterocycles. The van der Waals surface area contributed by atoms with Gasteiger partial charge in [-0.05, 0) is 32.5 Å². The minimum Gasteiger partial charge on any atom is -0.489 e. The molecule has 1 aromatic carbocycles. The van der Waals surface area contributed by atoms with E-state index in [0.29, 0.717) is 36.0 Å². The molecule has 2 atom stereocenters. The number of nitrogen functional groups attached to an aromatic ring is 2. The fourth-order valence-corrected chi connectivity index (χ4v) is 5.99. The second-order valence-electron chi connectivity index (χ2n) is 11.0. The Morgan fingerprint density at radius 3 is 2.55 bits per heavy atom. The van der Waals surface area contributed by atoms with Gasteiger partial charge in [0.25, 0.3) is 17.9 Å². The number of carboxylic acid groups (broad SMARTS) is 1. The van der Waals surface area contributed by atoms with Crippen molar-refractivity contribution in [2.45, 2.75) is 44.5 Å². The van der Waals surface area contributed by atoms with Gasteiger partial charge >= 0.3 is 16.4 Å². The average molecular weight is 749 g/mol. The molecule has 0 aliphatic carbocycles. The molecule has 1 saturated heterocycles. The molecule has 2 amide bonds. The summed E-state index contributed by atoms with van der Waals surface area (Å²) in [7, 11) is -3.35. The summed E-state index contributed by atoms with van der Waals surface area (Å²) in [5.74, 6) is -4.28. The van der Waals surface area contributed by atoms with Crippen LogP contribution in [0.5, 0.6) is 5.75 Å². The van der Waals surface area contributed by atoms with Crippen LogP contribution in [0.4, 0.5) is 15.3 Å². The van der Waals surface area contributed by atoms with E-state index < -0.39 is 64.0 Å². The van der Waals surface area contributed by atoms with Crippen molar-refractivity contribution >= 4 is 67.8 Å². The van der Waals surface area contributed by atoms with Crippen LogP contribution >= 0.6 is 22.9 Å². The topological polar surface area (TPSA) is 281 Å². The number of aryl methyl sites for hydroxylation is 1. The van der Waals surface area contributed by atoms with E-state index in [1.54, 1.807) is 22.6 Å². The highest BCUT2D eigenvalue weighted by atomic mass is 35.5. The van der Waals surface area contributed by atoms with Crippen LogP contribution in [0.2, 0.25) is 4.34 Å². The number of nitrogens with one attached hydrogen (secondary N) is 1. The lowest BCUT2D eigenvalue weighted by atomic mass is 9.84. The number of amides is 2. The van der Waals surface area contributed by atoms with Crippen LogP contribution in [0.15, 0.2) is 29.6 Å². The number of β-lactam (4-membered cyclic amide) rings is 1. The first-order valence-corrected chi connectivity index (χ1v) is 16.6. The van der Waals surface area contributed by atoms with E-state index in [2.05, 4.69) is 19.7 Å². The van der Waals surface area contributed by atoms with Crippen molar-refractivity contribution in [2.75, 3.05) is 24.6 Å². The number of halogens is 2. The smallest absolute Gasteiger partial charge is 0.418 e. The van der Waals surface area contributed by atoms with E-state index in [1.807, 2.05) is 0 Å². The van der Waals surface area contributed by atoms with Crippen molar-refractivity contribution in [1.82, 2.24) is 20.0 Å². The maximum absolute atomic E-state index is 15.2. The minimum atomic E-state index is -5.07. The van der Waals surface area contributed by atoms with Gasteiger partial charge in [-0.3, -0.25) is 14.1 Å². The number of rotatable bonds is 15. The summed E-state index contributed by atoms with van der Waals surface area (Å²) in [6.45, 7) is 2.92.